The van der Waals surface area contributed by atoms with Crippen LogP contribution in [-0.4, -0.2) is 51.4 Å². The smallest absolute Gasteiger partial charge is 0.0778 e. The van der Waals surface area contributed by atoms with Gasteiger partial charge in [-0.3, -0.25) is 0 Å². The molecule has 4 nitrogen and oxygen atoms in total. The van der Waals surface area contributed by atoms with Crippen molar-refractivity contribution in [3.8, 4) is 0 Å². The molecule has 1 N–H and O–H groups in total. The normalized spacial score (nSPS) is 13.2. The van der Waals surface area contributed by atoms with Gasteiger partial charge in [0, 0.05) is 7.11 Å². The Hall–Kier alpha value is -0.160. The second kappa shape index (κ2) is 8.93. The van der Waals surface area contributed by atoms with Crippen molar-refractivity contribution < 1.29 is 19.3 Å². The average Bonchev–Trinajstić information content (AvgIpc) is 2.10. The molecule has 0 aliphatic carbocycles. The highest BCUT2D eigenvalue weighted by Gasteiger charge is 1.97. The number of aliphatic hydroxyl groups excluding tert-OH is 1. The quantitative estimate of drug-likeness (QED) is 0.533. The summed E-state index contributed by atoms with van der Waals surface area (Å²) in [6.07, 6.45) is -0.101. The first-order valence-electron chi connectivity index (χ1n) is 4.10. The molecule has 0 saturated carbocycles. The third-order valence-electron chi connectivity index (χ3n) is 1.32. The van der Waals surface area contributed by atoms with E-state index in [4.69, 9.17) is 19.3 Å². The largest absolute Gasteiger partial charge is 0.394 e. The number of methoxy groups -OCH3 is 1. The minimum absolute atomic E-state index is 0.0536. The van der Waals surface area contributed by atoms with Crippen LogP contribution in [0.1, 0.15) is 6.92 Å². The summed E-state index contributed by atoms with van der Waals surface area (Å²) in [4.78, 5) is 0. The highest BCUT2D eigenvalue weighted by atomic mass is 16.5. The molecule has 1 atom stereocenters. The molecule has 0 radical (unpaired) electrons. The molecule has 0 rings (SSSR count). The van der Waals surface area contributed by atoms with Gasteiger partial charge >= 0.3 is 0 Å². The van der Waals surface area contributed by atoms with Crippen molar-refractivity contribution in [2.45, 2.75) is 13.0 Å². The lowest BCUT2D eigenvalue weighted by atomic mass is 10.4. The van der Waals surface area contributed by atoms with Gasteiger partial charge in [-0.2, -0.15) is 0 Å². The monoisotopic (exact) mass is 178 g/mol. The van der Waals surface area contributed by atoms with Crippen LogP contribution in [-0.2, 0) is 14.2 Å². The Balaban J connectivity index is 2.90. The average molecular weight is 178 g/mol. The van der Waals surface area contributed by atoms with E-state index in [-0.39, 0.29) is 12.7 Å². The van der Waals surface area contributed by atoms with Gasteiger partial charge < -0.3 is 19.3 Å². The molecule has 0 heterocycles. The van der Waals surface area contributed by atoms with Gasteiger partial charge in [0.25, 0.3) is 0 Å². The Morgan fingerprint density at radius 1 is 1.17 bits per heavy atom. The molecule has 0 aromatic rings. The Morgan fingerprint density at radius 3 is 2.42 bits per heavy atom. The van der Waals surface area contributed by atoms with Crippen LogP contribution in [0.15, 0.2) is 0 Å². The fourth-order valence-electron chi connectivity index (χ4n) is 0.605. The van der Waals surface area contributed by atoms with E-state index >= 15 is 0 Å². The van der Waals surface area contributed by atoms with Crippen LogP contribution in [0, 0.1) is 0 Å². The fraction of sp³-hybridized carbons (Fsp3) is 1.00. The van der Waals surface area contributed by atoms with Crippen LogP contribution in [0.25, 0.3) is 0 Å². The SMILES string of the molecule is COCCOCCO[C@H](C)CO. The van der Waals surface area contributed by atoms with Gasteiger partial charge in [0.05, 0.1) is 39.1 Å². The van der Waals surface area contributed by atoms with Crippen molar-refractivity contribution in [2.75, 3.05) is 40.1 Å². The first-order valence-corrected chi connectivity index (χ1v) is 4.10. The lowest BCUT2D eigenvalue weighted by Crippen LogP contribution is -2.17. The molecular weight excluding hydrogens is 160 g/mol. The van der Waals surface area contributed by atoms with Gasteiger partial charge in [-0.05, 0) is 6.92 Å². The Labute approximate surface area is 73.4 Å². The van der Waals surface area contributed by atoms with Gasteiger partial charge in [0.1, 0.15) is 0 Å². The Morgan fingerprint density at radius 2 is 1.83 bits per heavy atom. The summed E-state index contributed by atoms with van der Waals surface area (Å²) >= 11 is 0. The van der Waals surface area contributed by atoms with Crippen LogP contribution < -0.4 is 0 Å². The summed E-state index contributed by atoms with van der Waals surface area (Å²) in [5.74, 6) is 0. The molecule has 0 aliphatic heterocycles. The second-order valence-corrected chi connectivity index (χ2v) is 2.47. The van der Waals surface area contributed by atoms with E-state index in [0.29, 0.717) is 26.4 Å². The molecule has 0 fully saturated rings. The van der Waals surface area contributed by atoms with Crippen LogP contribution in [0.5, 0.6) is 0 Å². The molecule has 0 amide bonds. The highest BCUT2D eigenvalue weighted by molar-refractivity contribution is 4.43. The van der Waals surface area contributed by atoms with E-state index < -0.39 is 0 Å². The molecule has 0 aliphatic rings. The van der Waals surface area contributed by atoms with Gasteiger partial charge in [0.15, 0.2) is 0 Å². The first-order chi connectivity index (χ1) is 5.81. The van der Waals surface area contributed by atoms with Crippen molar-refractivity contribution in [1.82, 2.24) is 0 Å². The summed E-state index contributed by atoms with van der Waals surface area (Å²) in [7, 11) is 1.63. The van der Waals surface area contributed by atoms with Crippen molar-refractivity contribution in [3.05, 3.63) is 0 Å². The predicted octanol–water partition coefficient (Wildman–Crippen LogP) is 0.0468. The first kappa shape index (κ1) is 11.8. The van der Waals surface area contributed by atoms with Crippen molar-refractivity contribution in [1.29, 1.82) is 0 Å². The maximum Gasteiger partial charge on any atom is 0.0778 e. The van der Waals surface area contributed by atoms with E-state index in [2.05, 4.69) is 0 Å². The summed E-state index contributed by atoms with van der Waals surface area (Å²) in [5, 5.41) is 8.59. The van der Waals surface area contributed by atoms with Crippen LogP contribution in [0.3, 0.4) is 0 Å². The molecule has 0 aromatic heterocycles. The third-order valence-corrected chi connectivity index (χ3v) is 1.32. The zero-order valence-corrected chi connectivity index (χ0v) is 7.78. The minimum atomic E-state index is -0.101. The van der Waals surface area contributed by atoms with E-state index in [0.717, 1.165) is 0 Å². The summed E-state index contributed by atoms with van der Waals surface area (Å²) in [5.41, 5.74) is 0. The summed E-state index contributed by atoms with van der Waals surface area (Å²) < 4.78 is 15.1. The summed E-state index contributed by atoms with van der Waals surface area (Å²) in [6.45, 7) is 4.13. The topological polar surface area (TPSA) is 47.9 Å². The van der Waals surface area contributed by atoms with Crippen molar-refractivity contribution in [2.24, 2.45) is 0 Å². The van der Waals surface area contributed by atoms with Gasteiger partial charge in [-0.25, -0.2) is 0 Å². The molecule has 0 aromatic carbocycles. The third kappa shape index (κ3) is 7.94. The number of hydrogen-bond donors (Lipinski definition) is 1. The van der Waals surface area contributed by atoms with Crippen LogP contribution in [0.4, 0.5) is 0 Å². The fourth-order valence-corrected chi connectivity index (χ4v) is 0.605. The van der Waals surface area contributed by atoms with E-state index in [9.17, 15) is 0 Å². The van der Waals surface area contributed by atoms with E-state index in [1.165, 1.54) is 0 Å². The molecule has 0 saturated heterocycles. The second-order valence-electron chi connectivity index (χ2n) is 2.47. The van der Waals surface area contributed by atoms with Gasteiger partial charge in [0.2, 0.25) is 0 Å². The lowest BCUT2D eigenvalue weighted by molar-refractivity contribution is -0.0181. The van der Waals surface area contributed by atoms with Gasteiger partial charge in [-0.15, -0.1) is 0 Å². The van der Waals surface area contributed by atoms with Crippen LogP contribution in [0.2, 0.25) is 0 Å². The zero-order valence-electron chi connectivity index (χ0n) is 7.78. The van der Waals surface area contributed by atoms with Crippen LogP contribution >= 0.6 is 0 Å². The predicted molar refractivity (Wildman–Crippen MR) is 45.2 cm³/mol. The number of aliphatic hydroxyl groups is 1. The minimum Gasteiger partial charge on any atom is -0.394 e. The highest BCUT2D eigenvalue weighted by Crippen LogP contribution is 1.88. The number of ether oxygens (including phenoxy) is 3. The standard InChI is InChI=1S/C8H18O4/c1-8(7-9)12-6-5-11-4-3-10-2/h8-9H,3-7H2,1-2H3/t8-/m1/s1. The maximum atomic E-state index is 8.59. The Kier molecular flexibility index (Phi) is 8.81. The van der Waals surface area contributed by atoms with E-state index in [1.54, 1.807) is 7.11 Å². The number of hydrogen-bond acceptors (Lipinski definition) is 4. The number of rotatable bonds is 8. The summed E-state index contributed by atoms with van der Waals surface area (Å²) in [6, 6.07) is 0. The van der Waals surface area contributed by atoms with Gasteiger partial charge in [-0.1, -0.05) is 0 Å². The molecule has 4 heteroatoms. The Bertz CT molecular complexity index is 87.1. The molecule has 0 bridgehead atoms. The van der Waals surface area contributed by atoms with E-state index in [1.807, 2.05) is 6.92 Å². The molecule has 74 valence electrons. The zero-order chi connectivity index (χ0) is 9.23. The maximum absolute atomic E-state index is 8.59. The molecule has 12 heavy (non-hydrogen) atoms. The van der Waals surface area contributed by atoms with Crippen molar-refractivity contribution >= 4 is 0 Å². The molecule has 0 spiro atoms. The molecule has 0 unspecified atom stereocenters. The molecular formula is C8H18O4. The van der Waals surface area contributed by atoms with Crippen molar-refractivity contribution in [3.63, 3.8) is 0 Å². The lowest BCUT2D eigenvalue weighted by Gasteiger charge is -2.09.